The van der Waals surface area contributed by atoms with Gasteiger partial charge >= 0.3 is 0 Å². The number of aliphatic hydroxyl groups is 1. The summed E-state index contributed by atoms with van der Waals surface area (Å²) in [5.74, 6) is 0.419. The minimum absolute atomic E-state index is 0.0498. The summed E-state index contributed by atoms with van der Waals surface area (Å²) in [6.07, 6.45) is 8.83. The number of hydrogen-bond acceptors (Lipinski definition) is 4. The van der Waals surface area contributed by atoms with Crippen LogP contribution in [0.3, 0.4) is 0 Å². The average molecular weight is 451 g/mol. The Morgan fingerprint density at radius 1 is 1.09 bits per heavy atom. The van der Waals surface area contributed by atoms with E-state index in [1.807, 2.05) is 12.1 Å². The van der Waals surface area contributed by atoms with E-state index in [4.69, 9.17) is 6.57 Å². The zero-order valence-electron chi connectivity index (χ0n) is 19.3. The molecule has 2 aliphatic carbocycles. The van der Waals surface area contributed by atoms with Crippen LogP contribution in [0.2, 0.25) is 0 Å². The number of rotatable bonds is 4. The molecular formula is C26H34N4O3. The van der Waals surface area contributed by atoms with Gasteiger partial charge in [-0.15, -0.1) is 0 Å². The van der Waals surface area contributed by atoms with Gasteiger partial charge in [-0.05, 0) is 76.0 Å². The lowest BCUT2D eigenvalue weighted by atomic mass is 9.78. The van der Waals surface area contributed by atoms with Crippen LogP contribution in [-0.2, 0) is 9.59 Å². The van der Waals surface area contributed by atoms with E-state index in [0.717, 1.165) is 83.0 Å². The fourth-order valence-corrected chi connectivity index (χ4v) is 6.15. The largest absolute Gasteiger partial charge is 0.393 e. The summed E-state index contributed by atoms with van der Waals surface area (Å²) in [5.41, 5.74) is 1.70. The predicted molar refractivity (Wildman–Crippen MR) is 127 cm³/mol. The number of piperidine rings is 1. The van der Waals surface area contributed by atoms with Crippen LogP contribution in [0.25, 0.3) is 4.85 Å². The van der Waals surface area contributed by atoms with E-state index in [1.54, 1.807) is 6.07 Å². The summed E-state index contributed by atoms with van der Waals surface area (Å²) in [6, 6.07) is 5.85. The van der Waals surface area contributed by atoms with Gasteiger partial charge in [0.2, 0.25) is 17.5 Å². The number of anilines is 2. The Hall–Kier alpha value is -2.59. The summed E-state index contributed by atoms with van der Waals surface area (Å²) >= 11 is 0. The molecule has 7 nitrogen and oxygen atoms in total. The lowest BCUT2D eigenvalue weighted by Gasteiger charge is -2.42. The first kappa shape index (κ1) is 22.2. The third-order valence-corrected chi connectivity index (χ3v) is 8.41. The zero-order chi connectivity index (χ0) is 23.0. The van der Waals surface area contributed by atoms with Gasteiger partial charge in [0.25, 0.3) is 0 Å². The molecule has 1 aromatic rings. The molecule has 0 aromatic heterocycles. The van der Waals surface area contributed by atoms with Crippen molar-refractivity contribution in [1.29, 1.82) is 0 Å². The van der Waals surface area contributed by atoms with Crippen molar-refractivity contribution < 1.29 is 14.7 Å². The molecule has 1 atom stereocenters. The molecule has 2 heterocycles. The molecule has 7 heteroatoms. The second-order valence-corrected chi connectivity index (χ2v) is 10.4. The monoisotopic (exact) mass is 450 g/mol. The van der Waals surface area contributed by atoms with E-state index in [1.165, 1.54) is 0 Å². The fraction of sp³-hybridized carbons (Fsp3) is 0.654. The van der Waals surface area contributed by atoms with Gasteiger partial charge in [-0.3, -0.25) is 9.59 Å². The van der Waals surface area contributed by atoms with Gasteiger partial charge in [0, 0.05) is 43.0 Å². The first-order valence-electron chi connectivity index (χ1n) is 12.6. The molecule has 2 amide bonds. The van der Waals surface area contributed by atoms with Crippen molar-refractivity contribution in [3.05, 3.63) is 29.6 Å². The van der Waals surface area contributed by atoms with Crippen molar-refractivity contribution in [3.63, 3.8) is 0 Å². The van der Waals surface area contributed by atoms with Crippen molar-refractivity contribution in [2.75, 3.05) is 29.9 Å². The van der Waals surface area contributed by atoms with Gasteiger partial charge in [-0.2, -0.15) is 0 Å². The van der Waals surface area contributed by atoms with Crippen LogP contribution in [0.5, 0.6) is 0 Å². The molecule has 4 fully saturated rings. The number of benzene rings is 1. The molecule has 2 aliphatic heterocycles. The van der Waals surface area contributed by atoms with Crippen molar-refractivity contribution in [1.82, 2.24) is 4.90 Å². The van der Waals surface area contributed by atoms with Crippen LogP contribution < -0.4 is 10.2 Å². The summed E-state index contributed by atoms with van der Waals surface area (Å²) < 4.78 is 0. The normalized spacial score (nSPS) is 30.2. The summed E-state index contributed by atoms with van der Waals surface area (Å²) in [4.78, 5) is 34.0. The first-order chi connectivity index (χ1) is 16.0. The number of carbonyl (C=O) groups is 2. The third-order valence-electron chi connectivity index (χ3n) is 8.41. The molecule has 1 aromatic carbocycles. The number of hydrogen-bond donors (Lipinski definition) is 2. The maximum absolute atomic E-state index is 13.6. The molecule has 176 valence electrons. The van der Waals surface area contributed by atoms with Crippen molar-refractivity contribution >= 4 is 28.9 Å². The molecule has 2 saturated carbocycles. The quantitative estimate of drug-likeness (QED) is 0.677. The van der Waals surface area contributed by atoms with Crippen LogP contribution in [0.4, 0.5) is 17.1 Å². The van der Waals surface area contributed by atoms with E-state index in [9.17, 15) is 14.7 Å². The lowest BCUT2D eigenvalue weighted by Crippen LogP contribution is -2.50. The standard InChI is InChI=1S/C26H34N4O3/c1-27-22-16-19(28-24(32)18-4-2-5-18)6-11-23(22)29-14-3-12-26(17-29)13-15-30(25(26)33)20-7-9-21(31)10-8-20/h6,11,16,18,20-21,31H,2-5,7-10,12-15,17H2,(H,28,32)/t20-,21-,26-/m0/s1. The van der Waals surface area contributed by atoms with Crippen LogP contribution >= 0.6 is 0 Å². The van der Waals surface area contributed by atoms with Crippen molar-refractivity contribution in [2.45, 2.75) is 76.4 Å². The zero-order valence-corrected chi connectivity index (χ0v) is 19.3. The Kier molecular flexibility index (Phi) is 6.05. The Morgan fingerprint density at radius 2 is 1.88 bits per heavy atom. The van der Waals surface area contributed by atoms with Gasteiger partial charge in [-0.25, -0.2) is 4.85 Å². The summed E-state index contributed by atoms with van der Waals surface area (Å²) in [7, 11) is 0. The number of amides is 2. The summed E-state index contributed by atoms with van der Waals surface area (Å²) in [6.45, 7) is 10.0. The highest BCUT2D eigenvalue weighted by molar-refractivity contribution is 5.94. The minimum atomic E-state index is -0.370. The fourth-order valence-electron chi connectivity index (χ4n) is 6.15. The van der Waals surface area contributed by atoms with E-state index in [-0.39, 0.29) is 35.3 Å². The van der Waals surface area contributed by atoms with Crippen LogP contribution in [0.1, 0.15) is 64.2 Å². The Balaban J connectivity index is 1.30. The molecule has 1 spiro atoms. The highest BCUT2D eigenvalue weighted by Gasteiger charge is 2.50. The Morgan fingerprint density at radius 3 is 2.58 bits per heavy atom. The number of nitrogens with zero attached hydrogens (tertiary/aromatic N) is 3. The number of aliphatic hydroxyl groups excluding tert-OH is 1. The predicted octanol–water partition coefficient (Wildman–Crippen LogP) is 4.10. The topological polar surface area (TPSA) is 77.2 Å². The van der Waals surface area contributed by atoms with Gasteiger partial charge in [0.1, 0.15) is 0 Å². The molecule has 2 N–H and O–H groups in total. The van der Waals surface area contributed by atoms with Gasteiger partial charge in [0.05, 0.1) is 18.1 Å². The molecular weight excluding hydrogens is 416 g/mol. The van der Waals surface area contributed by atoms with Gasteiger partial charge in [-0.1, -0.05) is 6.42 Å². The van der Waals surface area contributed by atoms with E-state index < -0.39 is 0 Å². The van der Waals surface area contributed by atoms with Crippen molar-refractivity contribution in [2.24, 2.45) is 11.3 Å². The lowest BCUT2D eigenvalue weighted by molar-refractivity contribution is -0.139. The Labute approximate surface area is 195 Å². The number of nitrogens with one attached hydrogen (secondary N) is 1. The van der Waals surface area contributed by atoms with E-state index >= 15 is 0 Å². The van der Waals surface area contributed by atoms with Crippen LogP contribution in [-0.4, -0.2) is 53.6 Å². The van der Waals surface area contributed by atoms with Crippen LogP contribution in [0, 0.1) is 17.9 Å². The number of carbonyl (C=O) groups excluding carboxylic acids is 2. The number of likely N-dealkylation sites (tertiary alicyclic amines) is 1. The SMILES string of the molecule is [C-]#[N+]c1cc(NC(=O)C2CCC2)ccc1N1CCC[C@]2(CCN([C@H]3CC[C@H](O)CC3)C2=O)C1. The maximum atomic E-state index is 13.6. The van der Waals surface area contributed by atoms with Crippen molar-refractivity contribution in [3.8, 4) is 0 Å². The molecule has 33 heavy (non-hydrogen) atoms. The molecule has 4 aliphatic rings. The van der Waals surface area contributed by atoms with Gasteiger partial charge < -0.3 is 20.2 Å². The van der Waals surface area contributed by atoms with Crippen LogP contribution in [0.15, 0.2) is 18.2 Å². The molecule has 2 saturated heterocycles. The average Bonchev–Trinajstić information content (AvgIpc) is 3.08. The smallest absolute Gasteiger partial charge is 0.230 e. The van der Waals surface area contributed by atoms with Gasteiger partial charge in [0.15, 0.2) is 0 Å². The Bertz CT molecular complexity index is 961. The van der Waals surface area contributed by atoms with E-state index in [2.05, 4.69) is 20.0 Å². The molecule has 0 unspecified atom stereocenters. The van der Waals surface area contributed by atoms with E-state index in [0.29, 0.717) is 17.9 Å². The minimum Gasteiger partial charge on any atom is -0.393 e. The molecule has 0 radical (unpaired) electrons. The summed E-state index contributed by atoms with van der Waals surface area (Å²) in [5, 5.41) is 12.8. The third kappa shape index (κ3) is 4.21. The molecule has 5 rings (SSSR count). The highest BCUT2D eigenvalue weighted by Crippen LogP contribution is 2.45. The first-order valence-corrected chi connectivity index (χ1v) is 12.6. The molecule has 0 bridgehead atoms. The second-order valence-electron chi connectivity index (χ2n) is 10.4. The second kappa shape index (κ2) is 8.98. The highest BCUT2D eigenvalue weighted by atomic mass is 16.3. The maximum Gasteiger partial charge on any atom is 0.230 e.